The number of hydrogen-bond donors (Lipinski definition) is 0. The Morgan fingerprint density at radius 2 is 1.65 bits per heavy atom. The Bertz CT molecular complexity index is 465. The molecule has 1 aromatic carbocycles. The van der Waals surface area contributed by atoms with Crippen LogP contribution in [0.5, 0.6) is 5.75 Å². The Morgan fingerprint density at radius 3 is 2.15 bits per heavy atom. The molecule has 0 radical (unpaired) electrons. The van der Waals surface area contributed by atoms with Crippen LogP contribution in [0.1, 0.15) is 10.4 Å². The zero-order valence-corrected chi connectivity index (χ0v) is 11.0. The van der Waals surface area contributed by atoms with E-state index < -0.39 is 6.36 Å². The number of carbonyl (C=O) groups is 1. The van der Waals surface area contributed by atoms with Crippen LogP contribution in [0.4, 0.5) is 13.2 Å². The number of likely N-dealkylation sites (N-methyl/N-ethyl adjacent to an activating group) is 1. The second-order valence-electron chi connectivity index (χ2n) is 4.67. The van der Waals surface area contributed by atoms with Crippen LogP contribution < -0.4 is 4.74 Å². The smallest absolute Gasteiger partial charge is 0.406 e. The maximum Gasteiger partial charge on any atom is 0.573 e. The maximum atomic E-state index is 12.1. The van der Waals surface area contributed by atoms with Crippen molar-refractivity contribution in [1.82, 2.24) is 9.80 Å². The van der Waals surface area contributed by atoms with Gasteiger partial charge in [-0.1, -0.05) is 0 Å². The van der Waals surface area contributed by atoms with Crippen LogP contribution >= 0.6 is 0 Å². The van der Waals surface area contributed by atoms with Crippen molar-refractivity contribution >= 4 is 5.91 Å². The molecule has 1 aromatic rings. The van der Waals surface area contributed by atoms with Crippen LogP contribution in [0.3, 0.4) is 0 Å². The Balaban J connectivity index is 2.00. The average molecular weight is 288 g/mol. The van der Waals surface area contributed by atoms with Crippen molar-refractivity contribution in [2.24, 2.45) is 0 Å². The lowest BCUT2D eigenvalue weighted by Crippen LogP contribution is -2.47. The quantitative estimate of drug-likeness (QED) is 0.834. The number of alkyl halides is 3. The summed E-state index contributed by atoms with van der Waals surface area (Å²) in [6.45, 7) is 2.83. The molecule has 0 bridgehead atoms. The third-order valence-corrected chi connectivity index (χ3v) is 3.13. The lowest BCUT2D eigenvalue weighted by molar-refractivity contribution is -0.274. The first-order chi connectivity index (χ1) is 9.35. The molecule has 1 fully saturated rings. The highest BCUT2D eigenvalue weighted by Gasteiger charge is 2.31. The second kappa shape index (κ2) is 5.70. The van der Waals surface area contributed by atoms with Crippen LogP contribution in [0.2, 0.25) is 0 Å². The molecule has 1 saturated heterocycles. The number of nitrogens with zero attached hydrogens (tertiary/aromatic N) is 2. The van der Waals surface area contributed by atoms with Gasteiger partial charge in [0.1, 0.15) is 5.75 Å². The van der Waals surface area contributed by atoms with E-state index in [2.05, 4.69) is 9.64 Å². The van der Waals surface area contributed by atoms with Gasteiger partial charge in [0.2, 0.25) is 0 Å². The van der Waals surface area contributed by atoms with Crippen LogP contribution in [0.25, 0.3) is 0 Å². The molecular formula is C13H15F3N2O2. The summed E-state index contributed by atoms with van der Waals surface area (Å²) in [5, 5.41) is 0. The summed E-state index contributed by atoms with van der Waals surface area (Å²) < 4.78 is 39.8. The van der Waals surface area contributed by atoms with Crippen molar-refractivity contribution in [3.8, 4) is 5.75 Å². The summed E-state index contributed by atoms with van der Waals surface area (Å²) in [5.41, 5.74) is 0.365. The van der Waals surface area contributed by atoms with Gasteiger partial charge in [-0.05, 0) is 31.3 Å². The topological polar surface area (TPSA) is 32.8 Å². The molecule has 0 aromatic heterocycles. The van der Waals surface area contributed by atoms with Gasteiger partial charge in [0, 0.05) is 31.7 Å². The molecule has 1 amide bonds. The number of ether oxygens (including phenoxy) is 1. The standard InChI is InChI=1S/C13H15F3N2O2/c1-17-6-8-18(9-7-17)12(19)10-2-4-11(5-3-10)20-13(14,15)16/h2-5H,6-9H2,1H3. The van der Waals surface area contributed by atoms with Crippen molar-refractivity contribution in [3.05, 3.63) is 29.8 Å². The maximum absolute atomic E-state index is 12.1. The van der Waals surface area contributed by atoms with E-state index in [1.165, 1.54) is 12.1 Å². The van der Waals surface area contributed by atoms with E-state index in [0.717, 1.165) is 25.2 Å². The first-order valence-electron chi connectivity index (χ1n) is 6.19. The van der Waals surface area contributed by atoms with Gasteiger partial charge in [0.05, 0.1) is 0 Å². The molecule has 0 saturated carbocycles. The lowest BCUT2D eigenvalue weighted by Gasteiger charge is -2.32. The molecule has 1 aliphatic rings. The SMILES string of the molecule is CN1CCN(C(=O)c2ccc(OC(F)(F)F)cc2)CC1. The van der Waals surface area contributed by atoms with Crippen LogP contribution in [0, 0.1) is 0 Å². The molecular weight excluding hydrogens is 273 g/mol. The van der Waals surface area contributed by atoms with Crippen LogP contribution in [-0.4, -0.2) is 55.3 Å². The third kappa shape index (κ3) is 3.86. The van der Waals surface area contributed by atoms with Gasteiger partial charge in [0.25, 0.3) is 5.91 Å². The molecule has 0 spiro atoms. The molecule has 7 heteroatoms. The number of carbonyl (C=O) groups excluding carboxylic acids is 1. The predicted molar refractivity (Wildman–Crippen MR) is 66.5 cm³/mol. The first-order valence-corrected chi connectivity index (χ1v) is 6.19. The van der Waals surface area contributed by atoms with Gasteiger partial charge in [-0.2, -0.15) is 0 Å². The molecule has 2 rings (SSSR count). The fourth-order valence-corrected chi connectivity index (χ4v) is 1.99. The molecule has 0 N–H and O–H groups in total. The summed E-state index contributed by atoms with van der Waals surface area (Å²) in [6, 6.07) is 5.00. The number of rotatable bonds is 2. The van der Waals surface area contributed by atoms with Gasteiger partial charge in [-0.3, -0.25) is 4.79 Å². The fourth-order valence-electron chi connectivity index (χ4n) is 1.99. The summed E-state index contributed by atoms with van der Waals surface area (Å²) >= 11 is 0. The highest BCUT2D eigenvalue weighted by atomic mass is 19.4. The summed E-state index contributed by atoms with van der Waals surface area (Å²) in [5.74, 6) is -0.496. The monoisotopic (exact) mass is 288 g/mol. The number of piperazine rings is 1. The van der Waals surface area contributed by atoms with Crippen molar-refractivity contribution in [2.45, 2.75) is 6.36 Å². The number of benzene rings is 1. The lowest BCUT2D eigenvalue weighted by atomic mass is 10.1. The van der Waals surface area contributed by atoms with E-state index in [0.29, 0.717) is 18.7 Å². The molecule has 20 heavy (non-hydrogen) atoms. The van der Waals surface area contributed by atoms with E-state index in [1.807, 2.05) is 7.05 Å². The predicted octanol–water partition coefficient (Wildman–Crippen LogP) is 1.97. The number of amides is 1. The molecule has 4 nitrogen and oxygen atoms in total. The van der Waals surface area contributed by atoms with E-state index in [1.54, 1.807) is 4.90 Å². The van der Waals surface area contributed by atoms with Gasteiger partial charge < -0.3 is 14.5 Å². The second-order valence-corrected chi connectivity index (χ2v) is 4.67. The Labute approximate surface area is 114 Å². The van der Waals surface area contributed by atoms with Crippen molar-refractivity contribution < 1.29 is 22.7 Å². The van der Waals surface area contributed by atoms with Gasteiger partial charge in [0.15, 0.2) is 0 Å². The molecule has 0 atom stereocenters. The highest BCUT2D eigenvalue weighted by Crippen LogP contribution is 2.23. The summed E-state index contributed by atoms with van der Waals surface area (Å²) in [7, 11) is 1.98. The van der Waals surface area contributed by atoms with Crippen molar-refractivity contribution in [2.75, 3.05) is 33.2 Å². The molecule has 110 valence electrons. The minimum atomic E-state index is -4.72. The van der Waals surface area contributed by atoms with E-state index in [-0.39, 0.29) is 11.7 Å². The fraction of sp³-hybridized carbons (Fsp3) is 0.462. The normalized spacial score (nSPS) is 17.1. The minimum Gasteiger partial charge on any atom is -0.406 e. The largest absolute Gasteiger partial charge is 0.573 e. The Hall–Kier alpha value is -1.76. The molecule has 0 unspecified atom stereocenters. The summed E-state index contributed by atoms with van der Waals surface area (Å²) in [4.78, 5) is 16.0. The van der Waals surface area contributed by atoms with E-state index in [4.69, 9.17) is 0 Å². The zero-order chi connectivity index (χ0) is 14.8. The number of hydrogen-bond acceptors (Lipinski definition) is 3. The van der Waals surface area contributed by atoms with Crippen LogP contribution in [-0.2, 0) is 0 Å². The molecule has 1 heterocycles. The minimum absolute atomic E-state index is 0.170. The van der Waals surface area contributed by atoms with Crippen molar-refractivity contribution in [3.63, 3.8) is 0 Å². The van der Waals surface area contributed by atoms with Gasteiger partial charge >= 0.3 is 6.36 Å². The van der Waals surface area contributed by atoms with Crippen LogP contribution in [0.15, 0.2) is 24.3 Å². The number of halogens is 3. The third-order valence-electron chi connectivity index (χ3n) is 3.13. The molecule has 0 aliphatic carbocycles. The van der Waals surface area contributed by atoms with Gasteiger partial charge in [-0.15, -0.1) is 13.2 Å². The first kappa shape index (κ1) is 14.6. The zero-order valence-electron chi connectivity index (χ0n) is 11.0. The highest BCUT2D eigenvalue weighted by molar-refractivity contribution is 5.94. The summed E-state index contributed by atoms with van der Waals surface area (Å²) in [6.07, 6.45) is -4.72. The Kier molecular flexibility index (Phi) is 4.17. The van der Waals surface area contributed by atoms with Gasteiger partial charge in [-0.25, -0.2) is 0 Å². The van der Waals surface area contributed by atoms with E-state index in [9.17, 15) is 18.0 Å². The average Bonchev–Trinajstić information content (AvgIpc) is 2.38. The Morgan fingerprint density at radius 1 is 1.10 bits per heavy atom. The van der Waals surface area contributed by atoms with Crippen molar-refractivity contribution in [1.29, 1.82) is 0 Å². The van der Waals surface area contributed by atoms with E-state index >= 15 is 0 Å². The molecule has 1 aliphatic heterocycles.